The Morgan fingerprint density at radius 1 is 0.889 bits per heavy atom. The van der Waals surface area contributed by atoms with Crippen LogP contribution >= 0.6 is 0 Å². The first kappa shape index (κ1) is 17.8. The van der Waals surface area contributed by atoms with Gasteiger partial charge in [0, 0.05) is 23.9 Å². The van der Waals surface area contributed by atoms with Crippen molar-refractivity contribution < 1.29 is 13.3 Å². The molecule has 0 aliphatic heterocycles. The van der Waals surface area contributed by atoms with E-state index in [0.29, 0.717) is 0 Å². The van der Waals surface area contributed by atoms with Crippen LogP contribution in [0.3, 0.4) is 0 Å². The van der Waals surface area contributed by atoms with E-state index in [1.54, 1.807) is 0 Å². The molecule has 0 aliphatic carbocycles. The SMILES string of the molecule is C=CC(CC)[Si](OC(C)C)(OC(C)C)OC(C)C. The fraction of sp³-hybridized carbons (Fsp3) is 0.857. The van der Waals surface area contributed by atoms with Gasteiger partial charge in [-0.1, -0.05) is 13.0 Å². The van der Waals surface area contributed by atoms with Gasteiger partial charge in [-0.15, -0.1) is 6.58 Å². The number of hydrogen-bond acceptors (Lipinski definition) is 3. The lowest BCUT2D eigenvalue weighted by Crippen LogP contribution is -2.53. The lowest BCUT2D eigenvalue weighted by Gasteiger charge is -2.38. The molecule has 0 N–H and O–H groups in total. The molecular formula is C14H30O3Si. The maximum absolute atomic E-state index is 6.13. The maximum Gasteiger partial charge on any atom is 0.508 e. The van der Waals surface area contributed by atoms with Gasteiger partial charge in [0.2, 0.25) is 0 Å². The Balaban J connectivity index is 5.28. The second-order valence-corrected chi connectivity index (χ2v) is 8.01. The molecule has 0 aliphatic rings. The van der Waals surface area contributed by atoms with Crippen LogP contribution < -0.4 is 0 Å². The van der Waals surface area contributed by atoms with Crippen molar-refractivity contribution >= 4 is 8.80 Å². The highest BCUT2D eigenvalue weighted by Gasteiger charge is 2.49. The molecular weight excluding hydrogens is 244 g/mol. The van der Waals surface area contributed by atoms with E-state index in [0.717, 1.165) is 6.42 Å². The summed E-state index contributed by atoms with van der Waals surface area (Å²) < 4.78 is 18.4. The standard InChI is InChI=1S/C14H30O3Si/c1-9-14(10-2)18(15-11(3)4,16-12(5)6)17-13(7)8/h9,11-14H,1,10H2,2-8H3. The molecule has 0 fully saturated rings. The van der Waals surface area contributed by atoms with E-state index in [9.17, 15) is 0 Å². The molecule has 0 amide bonds. The van der Waals surface area contributed by atoms with Gasteiger partial charge in [0.05, 0.1) is 0 Å². The van der Waals surface area contributed by atoms with Crippen LogP contribution in [0.1, 0.15) is 54.9 Å². The summed E-state index contributed by atoms with van der Waals surface area (Å²) >= 11 is 0. The molecule has 18 heavy (non-hydrogen) atoms. The summed E-state index contributed by atoms with van der Waals surface area (Å²) in [4.78, 5) is 0. The molecule has 0 bridgehead atoms. The molecule has 0 aromatic carbocycles. The minimum atomic E-state index is -2.73. The molecule has 0 rings (SSSR count). The van der Waals surface area contributed by atoms with Crippen molar-refractivity contribution in [2.45, 2.75) is 78.7 Å². The second-order valence-electron chi connectivity index (χ2n) is 5.35. The van der Waals surface area contributed by atoms with Gasteiger partial charge in [-0.25, -0.2) is 0 Å². The predicted molar refractivity (Wildman–Crippen MR) is 78.7 cm³/mol. The summed E-state index contributed by atoms with van der Waals surface area (Å²) in [5.74, 6) is 0. The molecule has 0 saturated heterocycles. The molecule has 0 spiro atoms. The van der Waals surface area contributed by atoms with Crippen LogP contribution in [0.2, 0.25) is 5.54 Å². The predicted octanol–water partition coefficient (Wildman–Crippen LogP) is 4.17. The first-order valence-corrected chi connectivity index (χ1v) is 8.73. The van der Waals surface area contributed by atoms with Crippen molar-refractivity contribution in [3.63, 3.8) is 0 Å². The van der Waals surface area contributed by atoms with Gasteiger partial charge in [-0.3, -0.25) is 0 Å². The van der Waals surface area contributed by atoms with Gasteiger partial charge in [-0.05, 0) is 48.0 Å². The van der Waals surface area contributed by atoms with E-state index in [1.807, 2.05) is 47.6 Å². The third kappa shape index (κ3) is 5.65. The Labute approximate surface area is 114 Å². The lowest BCUT2D eigenvalue weighted by molar-refractivity contribution is -0.00192. The molecule has 1 atom stereocenters. The number of hydrogen-bond donors (Lipinski definition) is 0. The maximum atomic E-state index is 6.13. The Morgan fingerprint density at radius 2 is 1.22 bits per heavy atom. The van der Waals surface area contributed by atoms with E-state index in [2.05, 4.69) is 13.5 Å². The summed E-state index contributed by atoms with van der Waals surface area (Å²) in [6.07, 6.45) is 3.09. The first-order valence-electron chi connectivity index (χ1n) is 6.93. The van der Waals surface area contributed by atoms with Gasteiger partial charge < -0.3 is 13.3 Å². The van der Waals surface area contributed by atoms with Crippen molar-refractivity contribution in [3.8, 4) is 0 Å². The van der Waals surface area contributed by atoms with E-state index < -0.39 is 8.80 Å². The van der Waals surface area contributed by atoms with Gasteiger partial charge in [-0.2, -0.15) is 0 Å². The van der Waals surface area contributed by atoms with Crippen molar-refractivity contribution in [1.29, 1.82) is 0 Å². The fourth-order valence-electron chi connectivity index (χ4n) is 1.89. The summed E-state index contributed by atoms with van der Waals surface area (Å²) in [5.41, 5.74) is 0.143. The zero-order valence-corrected chi connectivity index (χ0v) is 14.0. The summed E-state index contributed by atoms with van der Waals surface area (Å²) in [6.45, 7) is 18.1. The van der Waals surface area contributed by atoms with Gasteiger partial charge >= 0.3 is 8.80 Å². The van der Waals surface area contributed by atoms with Crippen LogP contribution in [0.4, 0.5) is 0 Å². The van der Waals surface area contributed by atoms with Crippen LogP contribution in [-0.2, 0) is 13.3 Å². The third-order valence-electron chi connectivity index (χ3n) is 2.38. The van der Waals surface area contributed by atoms with Crippen molar-refractivity contribution in [3.05, 3.63) is 12.7 Å². The highest BCUT2D eigenvalue weighted by Crippen LogP contribution is 2.33. The summed E-state index contributed by atoms with van der Waals surface area (Å²) in [7, 11) is -2.73. The molecule has 1 unspecified atom stereocenters. The number of allylic oxidation sites excluding steroid dienone is 1. The minimum Gasteiger partial charge on any atom is -0.371 e. The number of rotatable bonds is 9. The van der Waals surface area contributed by atoms with Gasteiger partial charge in [0.15, 0.2) is 0 Å². The van der Waals surface area contributed by atoms with Crippen LogP contribution in [0, 0.1) is 0 Å². The summed E-state index contributed by atoms with van der Waals surface area (Å²) in [6, 6.07) is 0. The second kappa shape index (κ2) is 8.10. The molecule has 0 heterocycles. The fourth-order valence-corrected chi connectivity index (χ4v) is 5.34. The van der Waals surface area contributed by atoms with Crippen LogP contribution in [0.5, 0.6) is 0 Å². The van der Waals surface area contributed by atoms with Crippen LogP contribution in [0.25, 0.3) is 0 Å². The van der Waals surface area contributed by atoms with E-state index in [-0.39, 0.29) is 23.9 Å². The zero-order chi connectivity index (χ0) is 14.3. The van der Waals surface area contributed by atoms with Gasteiger partial charge in [0.1, 0.15) is 0 Å². The van der Waals surface area contributed by atoms with E-state index >= 15 is 0 Å². The minimum absolute atomic E-state index is 0.0863. The first-order chi connectivity index (χ1) is 8.27. The molecule has 3 nitrogen and oxygen atoms in total. The Hall–Kier alpha value is -0.163. The quantitative estimate of drug-likeness (QED) is 0.466. The average molecular weight is 274 g/mol. The van der Waals surface area contributed by atoms with Crippen molar-refractivity contribution in [2.75, 3.05) is 0 Å². The Bertz CT molecular complexity index is 213. The molecule has 0 saturated carbocycles. The monoisotopic (exact) mass is 274 g/mol. The smallest absolute Gasteiger partial charge is 0.371 e. The van der Waals surface area contributed by atoms with Crippen molar-refractivity contribution in [2.24, 2.45) is 0 Å². The van der Waals surface area contributed by atoms with Gasteiger partial charge in [0.25, 0.3) is 0 Å². The van der Waals surface area contributed by atoms with Crippen LogP contribution in [0.15, 0.2) is 12.7 Å². The highest BCUT2D eigenvalue weighted by atomic mass is 28.4. The van der Waals surface area contributed by atoms with Crippen LogP contribution in [-0.4, -0.2) is 27.1 Å². The lowest BCUT2D eigenvalue weighted by atomic mass is 10.3. The van der Waals surface area contributed by atoms with Crippen molar-refractivity contribution in [1.82, 2.24) is 0 Å². The third-order valence-corrected chi connectivity index (χ3v) is 6.33. The van der Waals surface area contributed by atoms with E-state index in [4.69, 9.17) is 13.3 Å². The molecule has 0 aromatic heterocycles. The Kier molecular flexibility index (Phi) is 8.02. The normalized spacial score (nSPS) is 14.6. The zero-order valence-electron chi connectivity index (χ0n) is 13.0. The highest BCUT2D eigenvalue weighted by molar-refractivity contribution is 6.63. The molecule has 0 aromatic rings. The average Bonchev–Trinajstić information content (AvgIpc) is 2.15. The molecule has 4 heteroatoms. The Morgan fingerprint density at radius 3 is 1.39 bits per heavy atom. The molecule has 108 valence electrons. The van der Waals surface area contributed by atoms with E-state index in [1.165, 1.54) is 0 Å². The topological polar surface area (TPSA) is 27.7 Å². The molecule has 0 radical (unpaired) electrons. The summed E-state index contributed by atoms with van der Waals surface area (Å²) in [5, 5.41) is 0. The largest absolute Gasteiger partial charge is 0.508 e.